The Bertz CT molecular complexity index is 767. The highest BCUT2D eigenvalue weighted by Gasteiger charge is 2.37. The Morgan fingerprint density at radius 2 is 2.12 bits per heavy atom. The number of hydrogen-bond donors (Lipinski definition) is 1. The quantitative estimate of drug-likeness (QED) is 0.868. The highest BCUT2D eigenvalue weighted by molar-refractivity contribution is 5.94. The Hall–Kier alpha value is -2.51. The van der Waals surface area contributed by atoms with Crippen LogP contribution in [0.4, 0.5) is 13.2 Å². The van der Waals surface area contributed by atoms with Crippen LogP contribution in [-0.4, -0.2) is 29.3 Å². The number of carbonyl (C=O) groups is 1. The number of benzene rings is 1. The van der Waals surface area contributed by atoms with Gasteiger partial charge in [0.1, 0.15) is 5.75 Å². The molecule has 0 spiro atoms. The summed E-state index contributed by atoms with van der Waals surface area (Å²) < 4.78 is 45.0. The Morgan fingerprint density at radius 3 is 2.76 bits per heavy atom. The van der Waals surface area contributed by atoms with Crippen LogP contribution in [0.2, 0.25) is 0 Å². The van der Waals surface area contributed by atoms with Gasteiger partial charge in [-0.2, -0.15) is 18.3 Å². The Kier molecular flexibility index (Phi) is 4.69. The predicted octanol–water partition coefficient (Wildman–Crippen LogP) is 3.22. The van der Waals surface area contributed by atoms with Crippen molar-refractivity contribution in [1.82, 2.24) is 15.1 Å². The summed E-state index contributed by atoms with van der Waals surface area (Å²) in [6.45, 7) is 0.381. The summed E-state index contributed by atoms with van der Waals surface area (Å²) in [5, 5.41) is 6.36. The number of nitrogens with one attached hydrogen (secondary N) is 1. The summed E-state index contributed by atoms with van der Waals surface area (Å²) in [4.78, 5) is 12.1. The van der Waals surface area contributed by atoms with Gasteiger partial charge in [0.15, 0.2) is 5.69 Å². The van der Waals surface area contributed by atoms with E-state index in [0.29, 0.717) is 17.0 Å². The molecular weight excluding hydrogens is 335 g/mol. The first-order chi connectivity index (χ1) is 11.9. The molecule has 134 valence electrons. The maximum atomic E-state index is 12.9. The van der Waals surface area contributed by atoms with Gasteiger partial charge in [-0.3, -0.25) is 9.48 Å². The number of carbonyl (C=O) groups excluding carboxylic acids is 1. The van der Waals surface area contributed by atoms with E-state index in [1.165, 1.54) is 11.8 Å². The van der Waals surface area contributed by atoms with Gasteiger partial charge in [0, 0.05) is 23.7 Å². The van der Waals surface area contributed by atoms with Gasteiger partial charge in [-0.15, -0.1) is 0 Å². The third kappa shape index (κ3) is 4.12. The summed E-state index contributed by atoms with van der Waals surface area (Å²) in [7, 11) is 1.51. The van der Waals surface area contributed by atoms with Crippen LogP contribution in [0.1, 0.15) is 40.5 Å². The van der Waals surface area contributed by atoms with Gasteiger partial charge in [0.2, 0.25) is 0 Å². The van der Waals surface area contributed by atoms with Crippen LogP contribution in [0.5, 0.6) is 5.75 Å². The number of nitrogens with zero attached hydrogens (tertiary/aromatic N) is 2. The molecule has 1 fully saturated rings. The lowest BCUT2D eigenvalue weighted by Gasteiger charge is -2.09. The smallest absolute Gasteiger partial charge is 0.435 e. The third-order valence-electron chi connectivity index (χ3n) is 4.04. The molecule has 5 nitrogen and oxygen atoms in total. The van der Waals surface area contributed by atoms with Crippen molar-refractivity contribution in [2.24, 2.45) is 0 Å². The minimum Gasteiger partial charge on any atom is -0.497 e. The molecule has 0 unspecified atom stereocenters. The number of ether oxygens (including phenoxy) is 1. The van der Waals surface area contributed by atoms with Crippen molar-refractivity contribution in [2.75, 3.05) is 13.7 Å². The van der Waals surface area contributed by atoms with Gasteiger partial charge in [-0.05, 0) is 37.1 Å². The van der Waals surface area contributed by atoms with Crippen molar-refractivity contribution in [1.29, 1.82) is 0 Å². The second kappa shape index (κ2) is 6.78. The van der Waals surface area contributed by atoms with E-state index in [2.05, 4.69) is 10.4 Å². The molecule has 3 rings (SSSR count). The molecule has 0 saturated heterocycles. The van der Waals surface area contributed by atoms with Crippen molar-refractivity contribution in [3.63, 3.8) is 0 Å². The molecule has 1 saturated carbocycles. The lowest BCUT2D eigenvalue weighted by Crippen LogP contribution is -2.28. The first-order valence-electron chi connectivity index (χ1n) is 7.95. The van der Waals surface area contributed by atoms with Gasteiger partial charge in [-0.25, -0.2) is 0 Å². The van der Waals surface area contributed by atoms with E-state index in [9.17, 15) is 18.0 Å². The van der Waals surface area contributed by atoms with Gasteiger partial charge >= 0.3 is 6.18 Å². The van der Waals surface area contributed by atoms with E-state index in [4.69, 9.17) is 4.74 Å². The van der Waals surface area contributed by atoms with Crippen molar-refractivity contribution in [3.05, 3.63) is 47.3 Å². The Labute approximate surface area is 142 Å². The van der Waals surface area contributed by atoms with Crippen molar-refractivity contribution in [3.8, 4) is 5.75 Å². The molecule has 0 aliphatic heterocycles. The molecule has 1 N–H and O–H groups in total. The summed E-state index contributed by atoms with van der Waals surface area (Å²) in [5.41, 5.74) is 0.134. The SMILES string of the molecule is COc1cccc(C(=O)NCCn2nc(C(F)(F)F)cc2C2CC2)c1. The summed E-state index contributed by atoms with van der Waals surface area (Å²) >= 11 is 0. The summed E-state index contributed by atoms with van der Waals surface area (Å²) in [6, 6.07) is 7.77. The molecule has 25 heavy (non-hydrogen) atoms. The van der Waals surface area contributed by atoms with Crippen LogP contribution >= 0.6 is 0 Å². The number of hydrogen-bond acceptors (Lipinski definition) is 3. The Balaban J connectivity index is 1.63. The molecule has 0 radical (unpaired) electrons. The highest BCUT2D eigenvalue weighted by atomic mass is 19.4. The zero-order valence-corrected chi connectivity index (χ0v) is 13.6. The minimum atomic E-state index is -4.46. The average molecular weight is 353 g/mol. The molecule has 1 aliphatic carbocycles. The number of aromatic nitrogens is 2. The molecule has 2 aromatic rings. The fourth-order valence-corrected chi connectivity index (χ4v) is 2.60. The minimum absolute atomic E-state index is 0.137. The van der Waals surface area contributed by atoms with Gasteiger partial charge < -0.3 is 10.1 Å². The van der Waals surface area contributed by atoms with Gasteiger partial charge in [0.05, 0.1) is 13.7 Å². The van der Waals surface area contributed by atoms with Gasteiger partial charge in [-0.1, -0.05) is 6.07 Å². The second-order valence-electron chi connectivity index (χ2n) is 5.94. The first kappa shape index (κ1) is 17.3. The molecule has 1 aromatic carbocycles. The maximum absolute atomic E-state index is 12.9. The Morgan fingerprint density at radius 1 is 1.36 bits per heavy atom. The highest BCUT2D eigenvalue weighted by Crippen LogP contribution is 2.42. The van der Waals surface area contributed by atoms with E-state index in [1.807, 2.05) is 0 Å². The monoisotopic (exact) mass is 353 g/mol. The summed E-state index contributed by atoms with van der Waals surface area (Å²) in [5.74, 6) is 0.387. The van der Waals surface area contributed by atoms with E-state index in [1.54, 1.807) is 24.3 Å². The van der Waals surface area contributed by atoms with Crippen molar-refractivity contribution < 1.29 is 22.7 Å². The number of rotatable bonds is 6. The van der Waals surface area contributed by atoms with E-state index < -0.39 is 11.9 Å². The van der Waals surface area contributed by atoms with Crippen molar-refractivity contribution >= 4 is 5.91 Å². The van der Waals surface area contributed by atoms with Crippen LogP contribution in [-0.2, 0) is 12.7 Å². The van der Waals surface area contributed by atoms with Crippen molar-refractivity contribution in [2.45, 2.75) is 31.5 Å². The average Bonchev–Trinajstić information content (AvgIpc) is 3.33. The number of methoxy groups -OCH3 is 1. The molecule has 1 aliphatic rings. The van der Waals surface area contributed by atoms with Crippen LogP contribution in [0, 0.1) is 0 Å². The largest absolute Gasteiger partial charge is 0.497 e. The zero-order chi connectivity index (χ0) is 18.0. The normalized spacial score (nSPS) is 14.4. The lowest BCUT2D eigenvalue weighted by molar-refractivity contribution is -0.141. The molecular formula is C17H18F3N3O2. The molecule has 0 atom stereocenters. The fraction of sp³-hybridized carbons (Fsp3) is 0.412. The number of halogens is 3. The van der Waals surface area contributed by atoms with Crippen LogP contribution in [0.25, 0.3) is 0 Å². The van der Waals surface area contributed by atoms with Crippen LogP contribution in [0.3, 0.4) is 0 Å². The van der Waals surface area contributed by atoms with E-state index in [-0.39, 0.29) is 24.9 Å². The molecule has 1 heterocycles. The molecule has 1 aromatic heterocycles. The summed E-state index contributed by atoms with van der Waals surface area (Å²) in [6.07, 6.45) is -2.71. The zero-order valence-electron chi connectivity index (χ0n) is 13.6. The number of amides is 1. The molecule has 0 bridgehead atoms. The lowest BCUT2D eigenvalue weighted by atomic mass is 10.2. The van der Waals surface area contributed by atoms with Crippen LogP contribution < -0.4 is 10.1 Å². The molecule has 8 heteroatoms. The second-order valence-corrected chi connectivity index (χ2v) is 5.94. The third-order valence-corrected chi connectivity index (χ3v) is 4.04. The first-order valence-corrected chi connectivity index (χ1v) is 7.95. The topological polar surface area (TPSA) is 56.1 Å². The van der Waals surface area contributed by atoms with E-state index >= 15 is 0 Å². The molecule has 1 amide bonds. The number of alkyl halides is 3. The van der Waals surface area contributed by atoms with Crippen LogP contribution in [0.15, 0.2) is 30.3 Å². The predicted molar refractivity (Wildman–Crippen MR) is 84.5 cm³/mol. The fourth-order valence-electron chi connectivity index (χ4n) is 2.60. The maximum Gasteiger partial charge on any atom is 0.435 e. The van der Waals surface area contributed by atoms with Gasteiger partial charge in [0.25, 0.3) is 5.91 Å². The van der Waals surface area contributed by atoms with E-state index in [0.717, 1.165) is 18.9 Å². The standard InChI is InChI=1S/C17H18F3N3O2/c1-25-13-4-2-3-12(9-13)16(24)21-7-8-23-14(11-5-6-11)10-15(22-23)17(18,19)20/h2-4,9-11H,5-8H2,1H3,(H,21,24).